The van der Waals surface area contributed by atoms with Gasteiger partial charge in [-0.15, -0.1) is 24.8 Å². The van der Waals surface area contributed by atoms with Crippen LogP contribution in [0.2, 0.25) is 5.15 Å². The summed E-state index contributed by atoms with van der Waals surface area (Å²) >= 11 is 10.4. The molecule has 1 aromatic heterocycles. The van der Waals surface area contributed by atoms with Gasteiger partial charge in [0.05, 0.1) is 12.1 Å². The number of nitrogens with zero attached hydrogens (tertiary/aromatic N) is 1. The monoisotopic (exact) mass is 313 g/mol. The first-order valence-electron chi connectivity index (χ1n) is 4.12. The number of halogens is 8. The van der Waals surface area contributed by atoms with E-state index in [4.69, 9.17) is 23.2 Å². The Bertz CT molecular complexity index is 444. The first-order valence-corrected chi connectivity index (χ1v) is 5.03. The molecule has 0 bridgehead atoms. The zero-order chi connectivity index (χ0) is 14.1. The predicted octanol–water partition coefficient (Wildman–Crippen LogP) is 4.39. The maximum Gasteiger partial charge on any atom is 0.573 e. The summed E-state index contributed by atoms with van der Waals surface area (Å²) in [6.07, 6.45) is -9.71. The average molecular weight is 314 g/mol. The van der Waals surface area contributed by atoms with Crippen molar-refractivity contribution in [3.8, 4) is 5.75 Å². The third-order valence-electron chi connectivity index (χ3n) is 1.74. The lowest BCUT2D eigenvalue weighted by atomic mass is 10.1. The lowest BCUT2D eigenvalue weighted by Gasteiger charge is -2.17. The zero-order valence-electron chi connectivity index (χ0n) is 8.16. The van der Waals surface area contributed by atoms with Gasteiger partial charge in [0.25, 0.3) is 0 Å². The summed E-state index contributed by atoms with van der Waals surface area (Å²) in [5.74, 6) is -1.99. The molecule has 0 N–H and O–H groups in total. The van der Waals surface area contributed by atoms with Gasteiger partial charge in [-0.25, -0.2) is 4.98 Å². The molecule has 0 spiro atoms. The Kier molecular flexibility index (Phi) is 4.22. The van der Waals surface area contributed by atoms with Crippen molar-refractivity contribution in [1.29, 1.82) is 0 Å². The second-order valence-electron chi connectivity index (χ2n) is 2.95. The van der Waals surface area contributed by atoms with Gasteiger partial charge in [0, 0.05) is 5.56 Å². The second kappa shape index (κ2) is 5.00. The van der Waals surface area contributed by atoms with Gasteiger partial charge in [-0.1, -0.05) is 11.6 Å². The summed E-state index contributed by atoms with van der Waals surface area (Å²) < 4.78 is 77.1. The van der Waals surface area contributed by atoms with E-state index in [0.717, 1.165) is 0 Å². The van der Waals surface area contributed by atoms with Crippen LogP contribution in [0.15, 0.2) is 6.20 Å². The predicted molar refractivity (Wildman–Crippen MR) is 50.5 cm³/mol. The highest BCUT2D eigenvalue weighted by Crippen LogP contribution is 2.41. The molecule has 2 nitrogen and oxygen atoms in total. The molecule has 0 radical (unpaired) electrons. The summed E-state index contributed by atoms with van der Waals surface area (Å²) in [6, 6.07) is 0. The SMILES string of the molecule is FC(F)(F)Oc1cnc(Cl)c(C(F)(F)F)c1CCl. The van der Waals surface area contributed by atoms with E-state index in [2.05, 4.69) is 9.72 Å². The molecule has 1 aromatic rings. The molecule has 10 heteroatoms. The van der Waals surface area contributed by atoms with Gasteiger partial charge in [0.2, 0.25) is 0 Å². The minimum Gasteiger partial charge on any atom is -0.404 e. The molecule has 0 saturated carbocycles. The van der Waals surface area contributed by atoms with Crippen molar-refractivity contribution in [2.45, 2.75) is 18.4 Å². The Morgan fingerprint density at radius 2 is 1.72 bits per heavy atom. The van der Waals surface area contributed by atoms with Gasteiger partial charge < -0.3 is 4.74 Å². The van der Waals surface area contributed by atoms with E-state index in [9.17, 15) is 26.3 Å². The van der Waals surface area contributed by atoms with Crippen molar-refractivity contribution in [2.24, 2.45) is 0 Å². The Morgan fingerprint density at radius 1 is 1.17 bits per heavy atom. The molecule has 0 saturated heterocycles. The summed E-state index contributed by atoms with van der Waals surface area (Å²) in [5, 5.41) is -0.993. The van der Waals surface area contributed by atoms with Crippen molar-refractivity contribution < 1.29 is 31.1 Å². The maximum atomic E-state index is 12.6. The number of pyridine rings is 1. The molecule has 102 valence electrons. The van der Waals surface area contributed by atoms with Crippen molar-refractivity contribution in [1.82, 2.24) is 4.98 Å². The Morgan fingerprint density at radius 3 is 2.11 bits per heavy atom. The molecule has 0 aromatic carbocycles. The van der Waals surface area contributed by atoms with E-state index in [-0.39, 0.29) is 0 Å². The van der Waals surface area contributed by atoms with Crippen LogP contribution in [0.1, 0.15) is 11.1 Å². The van der Waals surface area contributed by atoms with E-state index < -0.39 is 40.4 Å². The molecule has 0 aliphatic carbocycles. The normalized spacial score (nSPS) is 12.7. The third-order valence-corrected chi connectivity index (χ3v) is 2.30. The first kappa shape index (κ1) is 15.2. The fourth-order valence-electron chi connectivity index (χ4n) is 1.14. The van der Waals surface area contributed by atoms with Crippen LogP contribution < -0.4 is 4.74 Å². The minimum atomic E-state index is -5.15. The quantitative estimate of drug-likeness (QED) is 0.459. The van der Waals surface area contributed by atoms with Crippen LogP contribution in [0.3, 0.4) is 0 Å². The fraction of sp³-hybridized carbons (Fsp3) is 0.375. The molecular formula is C8H3Cl2F6NO. The average Bonchev–Trinajstić information content (AvgIpc) is 2.16. The molecule has 0 aliphatic heterocycles. The minimum absolute atomic E-state index is 0.433. The van der Waals surface area contributed by atoms with Crippen molar-refractivity contribution >= 4 is 23.2 Å². The van der Waals surface area contributed by atoms with Gasteiger partial charge in [0.1, 0.15) is 10.7 Å². The highest BCUT2D eigenvalue weighted by Gasteiger charge is 2.40. The molecule has 1 rings (SSSR count). The van der Waals surface area contributed by atoms with Crippen LogP contribution in [0.4, 0.5) is 26.3 Å². The van der Waals surface area contributed by atoms with E-state index in [1.54, 1.807) is 0 Å². The first-order chi connectivity index (χ1) is 8.06. The van der Waals surface area contributed by atoms with Crippen molar-refractivity contribution in [2.75, 3.05) is 0 Å². The van der Waals surface area contributed by atoms with Gasteiger partial charge >= 0.3 is 12.5 Å². The number of hydrogen-bond acceptors (Lipinski definition) is 2. The second-order valence-corrected chi connectivity index (χ2v) is 3.57. The Labute approximate surface area is 106 Å². The zero-order valence-corrected chi connectivity index (χ0v) is 9.68. The highest BCUT2D eigenvalue weighted by molar-refractivity contribution is 6.30. The lowest BCUT2D eigenvalue weighted by Crippen LogP contribution is -2.20. The summed E-state index contributed by atoms with van der Waals surface area (Å²) in [7, 11) is 0. The number of aromatic nitrogens is 1. The van der Waals surface area contributed by atoms with Crippen molar-refractivity contribution in [3.05, 3.63) is 22.5 Å². The summed E-state index contributed by atoms with van der Waals surface area (Å²) in [6.45, 7) is 0. The molecule has 0 fully saturated rings. The molecular weight excluding hydrogens is 311 g/mol. The van der Waals surface area contributed by atoms with Gasteiger partial charge in [-0.05, 0) is 0 Å². The van der Waals surface area contributed by atoms with Gasteiger partial charge in [-0.3, -0.25) is 0 Å². The van der Waals surface area contributed by atoms with E-state index in [0.29, 0.717) is 6.20 Å². The summed E-state index contributed by atoms with van der Waals surface area (Å²) in [4.78, 5) is 3.00. The largest absolute Gasteiger partial charge is 0.573 e. The molecule has 18 heavy (non-hydrogen) atoms. The van der Waals surface area contributed by atoms with Crippen LogP contribution in [0.5, 0.6) is 5.75 Å². The van der Waals surface area contributed by atoms with E-state index in [1.165, 1.54) is 0 Å². The third kappa shape index (κ3) is 3.55. The molecule has 0 atom stereocenters. The topological polar surface area (TPSA) is 22.1 Å². The Hall–Kier alpha value is -0.890. The standard InChI is InChI=1S/C8H3Cl2F6NO/c9-1-3-4(18-8(14,15)16)2-17-6(10)5(3)7(11,12)13/h2H,1H2. The molecule has 1 heterocycles. The molecule has 0 amide bonds. The number of ether oxygens (including phenoxy) is 1. The van der Waals surface area contributed by atoms with Crippen molar-refractivity contribution in [3.63, 3.8) is 0 Å². The highest BCUT2D eigenvalue weighted by atomic mass is 35.5. The number of hydrogen-bond donors (Lipinski definition) is 0. The van der Waals surface area contributed by atoms with Crippen LogP contribution in [-0.2, 0) is 12.1 Å². The van der Waals surface area contributed by atoms with Gasteiger partial charge in [0.15, 0.2) is 5.75 Å². The van der Waals surface area contributed by atoms with Crippen LogP contribution in [0, 0.1) is 0 Å². The van der Waals surface area contributed by atoms with Crippen LogP contribution in [0.25, 0.3) is 0 Å². The fourth-order valence-corrected chi connectivity index (χ4v) is 1.67. The Balaban J connectivity index is 3.39. The van der Waals surface area contributed by atoms with Crippen LogP contribution in [-0.4, -0.2) is 11.3 Å². The molecule has 0 aliphatic rings. The van der Waals surface area contributed by atoms with Crippen LogP contribution >= 0.6 is 23.2 Å². The smallest absolute Gasteiger partial charge is 0.404 e. The van der Waals surface area contributed by atoms with E-state index in [1.807, 2.05) is 0 Å². The maximum absolute atomic E-state index is 12.6. The lowest BCUT2D eigenvalue weighted by molar-refractivity contribution is -0.275. The number of rotatable bonds is 2. The van der Waals surface area contributed by atoms with E-state index >= 15 is 0 Å². The summed E-state index contributed by atoms with van der Waals surface area (Å²) in [5.41, 5.74) is -2.46. The molecule has 0 unspecified atom stereocenters. The number of alkyl halides is 7. The van der Waals surface area contributed by atoms with Gasteiger partial charge in [-0.2, -0.15) is 13.2 Å².